The summed E-state index contributed by atoms with van der Waals surface area (Å²) in [7, 11) is 0. The van der Waals surface area contributed by atoms with Gasteiger partial charge in [-0.05, 0) is 18.1 Å². The van der Waals surface area contributed by atoms with Gasteiger partial charge < -0.3 is 10.2 Å². The van der Waals surface area contributed by atoms with Crippen LogP contribution in [-0.2, 0) is 14.4 Å². The lowest BCUT2D eigenvalue weighted by Crippen LogP contribution is -2.57. The molecule has 6 nitrogen and oxygen atoms in total. The van der Waals surface area contributed by atoms with Crippen LogP contribution in [0.15, 0.2) is 73.9 Å². The first-order valence-corrected chi connectivity index (χ1v) is 8.76. The molecule has 0 heterocycles. The van der Waals surface area contributed by atoms with Crippen LogP contribution in [0, 0.1) is 0 Å². The fourth-order valence-electron chi connectivity index (χ4n) is 2.12. The van der Waals surface area contributed by atoms with Crippen LogP contribution in [0.1, 0.15) is 25.3 Å². The number of unbranched alkanes of at least 4 members (excludes halogenated alkanes) is 1. The molecule has 0 aromatic heterocycles. The van der Waals surface area contributed by atoms with Crippen molar-refractivity contribution in [2.24, 2.45) is 0 Å². The number of amides is 2. The van der Waals surface area contributed by atoms with Gasteiger partial charge in [-0.1, -0.05) is 69.5 Å². The summed E-state index contributed by atoms with van der Waals surface area (Å²) < 4.78 is -0.819. The minimum atomic E-state index is -1.26. The lowest BCUT2D eigenvalue weighted by atomic mass is 10.2. The first kappa shape index (κ1) is 24.9. The molecule has 0 saturated carbocycles. The van der Waals surface area contributed by atoms with Crippen molar-refractivity contribution in [3.8, 4) is 0 Å². The highest BCUT2D eigenvalue weighted by Gasteiger charge is 2.40. The number of carboxylic acids is 1. The summed E-state index contributed by atoms with van der Waals surface area (Å²) in [4.78, 5) is 34.6. The maximum absolute atomic E-state index is 12.2. The van der Waals surface area contributed by atoms with Crippen molar-refractivity contribution in [1.29, 1.82) is 0 Å². The number of hydrogen-bond donors (Lipinski definition) is 2. The highest BCUT2D eigenvalue weighted by molar-refractivity contribution is 5.97. The number of hydrogen-bond acceptors (Lipinski definition) is 4. The van der Waals surface area contributed by atoms with E-state index in [1.165, 1.54) is 5.56 Å². The SMILES string of the molecule is C=CC(=O)[N+](CO)(CCCC)C(=O)C=CC(=C)C(=O)O.C=Cc1ccccc1. The van der Waals surface area contributed by atoms with Crippen molar-refractivity contribution < 1.29 is 29.1 Å². The minimum absolute atomic E-state index is 0.126. The van der Waals surface area contributed by atoms with Gasteiger partial charge in [-0.3, -0.25) is 0 Å². The molecular formula is C22H28NO5+. The zero-order valence-electron chi connectivity index (χ0n) is 16.2. The lowest BCUT2D eigenvalue weighted by Gasteiger charge is -2.28. The van der Waals surface area contributed by atoms with Crippen molar-refractivity contribution in [2.75, 3.05) is 13.3 Å². The zero-order valence-corrected chi connectivity index (χ0v) is 16.2. The van der Waals surface area contributed by atoms with Crippen molar-refractivity contribution in [2.45, 2.75) is 19.8 Å². The molecule has 6 heteroatoms. The van der Waals surface area contributed by atoms with Gasteiger partial charge in [0.05, 0.1) is 12.1 Å². The molecule has 0 spiro atoms. The first-order valence-electron chi connectivity index (χ1n) is 8.76. The number of aliphatic hydroxyl groups is 1. The van der Waals surface area contributed by atoms with Crippen LogP contribution >= 0.6 is 0 Å². The van der Waals surface area contributed by atoms with E-state index in [1.807, 2.05) is 43.3 Å². The van der Waals surface area contributed by atoms with E-state index in [2.05, 4.69) is 19.7 Å². The third kappa shape index (κ3) is 7.65. The second-order valence-corrected chi connectivity index (χ2v) is 5.85. The van der Waals surface area contributed by atoms with E-state index in [1.54, 1.807) is 0 Å². The summed E-state index contributed by atoms with van der Waals surface area (Å²) in [5.41, 5.74) is 0.892. The minimum Gasteiger partial charge on any atom is -0.478 e. The standard InChI is InChI=1S/C14H19NO5.C8H8/c1-4-6-9-15(10-16,12(17)5-2)13(18)8-7-11(3)14(19)20;1-2-8-6-4-3-5-7-8/h5,7-8,16H,2-4,6,9-10H2,1H3;2-7H,1H2/p+1. The van der Waals surface area contributed by atoms with Crippen molar-refractivity contribution in [3.05, 3.63) is 79.4 Å². The number of imide groups is 1. The molecule has 0 aliphatic rings. The molecule has 0 radical (unpaired) electrons. The molecule has 1 unspecified atom stereocenters. The van der Waals surface area contributed by atoms with Gasteiger partial charge in [-0.15, -0.1) is 0 Å². The third-order valence-electron chi connectivity index (χ3n) is 3.89. The summed E-state index contributed by atoms with van der Waals surface area (Å²) >= 11 is 0. The van der Waals surface area contributed by atoms with E-state index in [0.29, 0.717) is 6.42 Å². The smallest absolute Gasteiger partial charge is 0.348 e. The van der Waals surface area contributed by atoms with Gasteiger partial charge in [0.1, 0.15) is 0 Å². The van der Waals surface area contributed by atoms with Crippen LogP contribution < -0.4 is 0 Å². The molecule has 0 fully saturated rings. The van der Waals surface area contributed by atoms with Gasteiger partial charge in [0, 0.05) is 12.2 Å². The summed E-state index contributed by atoms with van der Waals surface area (Å²) in [5, 5.41) is 18.1. The van der Waals surface area contributed by atoms with Gasteiger partial charge in [0.15, 0.2) is 6.73 Å². The van der Waals surface area contributed by atoms with Gasteiger partial charge in [0.2, 0.25) is 0 Å². The molecule has 0 aliphatic carbocycles. The monoisotopic (exact) mass is 386 g/mol. The van der Waals surface area contributed by atoms with E-state index >= 15 is 0 Å². The molecular weight excluding hydrogens is 358 g/mol. The number of carbonyl (C=O) groups is 3. The van der Waals surface area contributed by atoms with Crippen LogP contribution in [0.3, 0.4) is 0 Å². The Balaban J connectivity index is 0.000000749. The Bertz CT molecular complexity index is 737. The van der Waals surface area contributed by atoms with Crippen molar-refractivity contribution in [3.63, 3.8) is 0 Å². The zero-order chi connectivity index (χ0) is 21.6. The quantitative estimate of drug-likeness (QED) is 0.294. The van der Waals surface area contributed by atoms with Crippen molar-refractivity contribution >= 4 is 23.9 Å². The summed E-state index contributed by atoms with van der Waals surface area (Å²) in [6.45, 7) is 11.5. The molecule has 0 aliphatic heterocycles. The Hall–Kier alpha value is -3.09. The van der Waals surface area contributed by atoms with E-state index < -0.39 is 29.0 Å². The maximum Gasteiger partial charge on any atom is 0.348 e. The van der Waals surface area contributed by atoms with Crippen LogP contribution in [0.25, 0.3) is 6.08 Å². The predicted molar refractivity (Wildman–Crippen MR) is 110 cm³/mol. The number of carboxylic acid groups (broad SMARTS) is 1. The number of aliphatic hydroxyl groups excluding tert-OH is 1. The predicted octanol–water partition coefficient (Wildman–Crippen LogP) is 3.32. The van der Waals surface area contributed by atoms with Gasteiger partial charge in [0.25, 0.3) is 0 Å². The average Bonchev–Trinajstić information content (AvgIpc) is 2.73. The first-order chi connectivity index (χ1) is 13.3. The third-order valence-corrected chi connectivity index (χ3v) is 3.89. The van der Waals surface area contributed by atoms with Crippen LogP contribution in [0.2, 0.25) is 0 Å². The van der Waals surface area contributed by atoms with E-state index in [-0.39, 0.29) is 12.1 Å². The van der Waals surface area contributed by atoms with Crippen LogP contribution in [0.4, 0.5) is 0 Å². The largest absolute Gasteiger partial charge is 0.478 e. The van der Waals surface area contributed by atoms with Crippen LogP contribution in [-0.4, -0.2) is 45.8 Å². The summed E-state index contributed by atoms with van der Waals surface area (Å²) in [5.74, 6) is -2.59. The number of rotatable bonds is 9. The molecule has 2 N–H and O–H groups in total. The molecule has 150 valence electrons. The molecule has 0 saturated heterocycles. The molecule has 28 heavy (non-hydrogen) atoms. The Labute approximate surface area is 166 Å². The number of aliphatic carboxylic acids is 1. The maximum atomic E-state index is 12.2. The number of nitrogens with zero attached hydrogens (tertiary/aromatic N) is 1. The fourth-order valence-corrected chi connectivity index (χ4v) is 2.12. The molecule has 1 aromatic carbocycles. The molecule has 1 aromatic rings. The van der Waals surface area contributed by atoms with E-state index in [0.717, 1.165) is 24.6 Å². The van der Waals surface area contributed by atoms with Gasteiger partial charge in [-0.25, -0.2) is 14.4 Å². The number of carbonyl (C=O) groups excluding carboxylic acids is 2. The highest BCUT2D eigenvalue weighted by Crippen LogP contribution is 2.13. The van der Waals surface area contributed by atoms with Crippen molar-refractivity contribution in [1.82, 2.24) is 0 Å². The second kappa shape index (κ2) is 13.1. The number of benzene rings is 1. The molecule has 0 bridgehead atoms. The Kier molecular flexibility index (Phi) is 11.7. The van der Waals surface area contributed by atoms with E-state index in [4.69, 9.17) is 5.11 Å². The van der Waals surface area contributed by atoms with Gasteiger partial charge in [-0.2, -0.15) is 4.48 Å². The number of quaternary nitrogens is 1. The highest BCUT2D eigenvalue weighted by atomic mass is 16.4. The van der Waals surface area contributed by atoms with E-state index in [9.17, 15) is 19.5 Å². The average molecular weight is 386 g/mol. The topological polar surface area (TPSA) is 91.7 Å². The molecule has 1 atom stereocenters. The Morgan fingerprint density at radius 3 is 2.07 bits per heavy atom. The lowest BCUT2D eigenvalue weighted by molar-refractivity contribution is -0.796. The Morgan fingerprint density at radius 1 is 1.07 bits per heavy atom. The van der Waals surface area contributed by atoms with Crippen LogP contribution in [0.5, 0.6) is 0 Å². The van der Waals surface area contributed by atoms with Gasteiger partial charge >= 0.3 is 17.8 Å². The molecule has 1 rings (SSSR count). The second-order valence-electron chi connectivity index (χ2n) is 5.85. The fraction of sp³-hybridized carbons (Fsp3) is 0.227. The summed E-state index contributed by atoms with van der Waals surface area (Å²) in [6, 6.07) is 10.0. The summed E-state index contributed by atoms with van der Waals surface area (Å²) in [6.07, 6.45) is 6.06. The Morgan fingerprint density at radius 2 is 1.68 bits per heavy atom. The molecule has 2 amide bonds. The normalized spacial score (nSPS) is 12.2.